The number of benzene rings is 1. The van der Waals surface area contributed by atoms with Crippen molar-refractivity contribution in [3.05, 3.63) is 56.2 Å². The lowest BCUT2D eigenvalue weighted by molar-refractivity contribution is -0.0704. The lowest BCUT2D eigenvalue weighted by Crippen LogP contribution is -2.44. The first-order chi connectivity index (χ1) is 16.6. The van der Waals surface area contributed by atoms with Crippen molar-refractivity contribution in [3.63, 3.8) is 0 Å². The molecular weight excluding hydrogens is 446 g/mol. The minimum Gasteiger partial charge on any atom is -0.383 e. The fraction of sp³-hybridized carbons (Fsp3) is 0.577. The second-order valence-electron chi connectivity index (χ2n) is 9.96. The van der Waals surface area contributed by atoms with Crippen molar-refractivity contribution >= 4 is 17.4 Å². The largest absolute Gasteiger partial charge is 0.383 e. The van der Waals surface area contributed by atoms with E-state index in [1.54, 1.807) is 12.1 Å². The number of morpholine rings is 1. The predicted octanol–water partition coefficient (Wildman–Crippen LogP) is 2.83. The number of H-pyrrole nitrogens is 1. The highest BCUT2D eigenvalue weighted by Crippen LogP contribution is 2.22. The Kier molecular flexibility index (Phi) is 8.91. The molecule has 2 heterocycles. The van der Waals surface area contributed by atoms with Crippen LogP contribution in [0.25, 0.3) is 0 Å². The van der Waals surface area contributed by atoms with Gasteiger partial charge in [-0.25, -0.2) is 4.79 Å². The van der Waals surface area contributed by atoms with Gasteiger partial charge in [-0.1, -0.05) is 39.3 Å². The van der Waals surface area contributed by atoms with E-state index >= 15 is 0 Å². The van der Waals surface area contributed by atoms with Crippen LogP contribution in [0.15, 0.2) is 33.9 Å². The van der Waals surface area contributed by atoms with E-state index in [1.165, 1.54) is 9.47 Å². The summed E-state index contributed by atoms with van der Waals surface area (Å²) in [6, 6.07) is 7.48. The second-order valence-corrected chi connectivity index (χ2v) is 9.96. The molecular formula is C26H39N5O4. The molecule has 1 fully saturated rings. The molecule has 9 nitrogen and oxygen atoms in total. The number of nitrogens with zero attached hydrogens (tertiary/aromatic N) is 3. The summed E-state index contributed by atoms with van der Waals surface area (Å²) in [5.74, 6) is -0.159. The maximum atomic E-state index is 13.6. The molecule has 3 N–H and O–H groups in total. The number of amides is 1. The summed E-state index contributed by atoms with van der Waals surface area (Å²) in [5.41, 5.74) is 6.69. The van der Waals surface area contributed by atoms with Crippen LogP contribution in [-0.2, 0) is 17.8 Å². The summed E-state index contributed by atoms with van der Waals surface area (Å²) < 4.78 is 7.14. The van der Waals surface area contributed by atoms with Gasteiger partial charge in [0, 0.05) is 38.3 Å². The Labute approximate surface area is 206 Å². The van der Waals surface area contributed by atoms with Crippen LogP contribution in [0.4, 0.5) is 11.5 Å². The monoisotopic (exact) mass is 485 g/mol. The highest BCUT2D eigenvalue weighted by molar-refractivity contribution is 6.07. The number of unbranched alkanes of at least 4 members (excludes halogenated alkanes) is 1. The average molecular weight is 486 g/mol. The van der Waals surface area contributed by atoms with Crippen LogP contribution in [0.5, 0.6) is 0 Å². The summed E-state index contributed by atoms with van der Waals surface area (Å²) in [6.45, 7) is 13.3. The first kappa shape index (κ1) is 26.7. The molecule has 1 saturated heterocycles. The molecule has 0 bridgehead atoms. The zero-order valence-electron chi connectivity index (χ0n) is 21.5. The van der Waals surface area contributed by atoms with Crippen LogP contribution in [0.2, 0.25) is 0 Å². The zero-order valence-corrected chi connectivity index (χ0v) is 21.5. The quantitative estimate of drug-likeness (QED) is 0.565. The molecule has 2 unspecified atom stereocenters. The van der Waals surface area contributed by atoms with Crippen LogP contribution in [0.3, 0.4) is 0 Å². The minimum absolute atomic E-state index is 0.0177. The number of nitrogens with one attached hydrogen (secondary N) is 1. The Bertz CT molecular complexity index is 1110. The highest BCUT2D eigenvalue weighted by Gasteiger charge is 2.26. The van der Waals surface area contributed by atoms with Crippen molar-refractivity contribution in [1.82, 2.24) is 14.5 Å². The van der Waals surface area contributed by atoms with Crippen LogP contribution in [0.1, 0.15) is 63.4 Å². The molecule has 1 amide bonds. The van der Waals surface area contributed by atoms with E-state index in [4.69, 9.17) is 10.5 Å². The van der Waals surface area contributed by atoms with Gasteiger partial charge < -0.3 is 15.4 Å². The van der Waals surface area contributed by atoms with Gasteiger partial charge in [0.05, 0.1) is 12.2 Å². The van der Waals surface area contributed by atoms with Gasteiger partial charge in [0.25, 0.3) is 11.5 Å². The van der Waals surface area contributed by atoms with Gasteiger partial charge in [-0.2, -0.15) is 0 Å². The number of hydrogen-bond acceptors (Lipinski definition) is 6. The number of anilines is 2. The summed E-state index contributed by atoms with van der Waals surface area (Å²) >= 11 is 0. The van der Waals surface area contributed by atoms with Gasteiger partial charge in [0.15, 0.2) is 5.69 Å². The molecule has 1 aromatic carbocycles. The van der Waals surface area contributed by atoms with E-state index in [1.807, 2.05) is 32.9 Å². The molecule has 2 atom stereocenters. The lowest BCUT2D eigenvalue weighted by atomic mass is 10.1. The van der Waals surface area contributed by atoms with Crippen molar-refractivity contribution < 1.29 is 9.53 Å². The third-order valence-electron chi connectivity index (χ3n) is 6.11. The van der Waals surface area contributed by atoms with Crippen LogP contribution >= 0.6 is 0 Å². The molecule has 2 aromatic rings. The fourth-order valence-corrected chi connectivity index (χ4v) is 4.60. The lowest BCUT2D eigenvalue weighted by Gasteiger charge is -2.35. The summed E-state index contributed by atoms with van der Waals surface area (Å²) in [7, 11) is 0. The van der Waals surface area contributed by atoms with Crippen molar-refractivity contribution in [1.29, 1.82) is 0 Å². The van der Waals surface area contributed by atoms with Crippen molar-refractivity contribution in [2.75, 3.05) is 30.3 Å². The van der Waals surface area contributed by atoms with Crippen LogP contribution < -0.4 is 21.9 Å². The van der Waals surface area contributed by atoms with Gasteiger partial charge in [0.2, 0.25) is 0 Å². The smallest absolute Gasteiger partial charge is 0.330 e. The first-order valence-electron chi connectivity index (χ1n) is 12.5. The Hall–Kier alpha value is -2.91. The summed E-state index contributed by atoms with van der Waals surface area (Å²) in [6.07, 6.45) is 1.91. The summed E-state index contributed by atoms with van der Waals surface area (Å²) in [5, 5.41) is 0. The Morgan fingerprint density at radius 1 is 1.17 bits per heavy atom. The maximum absolute atomic E-state index is 13.6. The third kappa shape index (κ3) is 6.61. The molecule has 1 aromatic heterocycles. The number of nitrogens with two attached hydrogens (primary N) is 1. The molecule has 1 aliphatic heterocycles. The van der Waals surface area contributed by atoms with E-state index < -0.39 is 11.2 Å². The van der Waals surface area contributed by atoms with E-state index in [0.29, 0.717) is 25.1 Å². The van der Waals surface area contributed by atoms with Crippen molar-refractivity contribution in [2.45, 2.75) is 72.8 Å². The van der Waals surface area contributed by atoms with Crippen LogP contribution in [-0.4, -0.2) is 52.2 Å². The third-order valence-corrected chi connectivity index (χ3v) is 6.11. The number of rotatable bonds is 9. The fourth-order valence-electron chi connectivity index (χ4n) is 4.60. The standard InChI is InChI=1S/C26H39N5O4/c1-6-7-12-30(22-23(27)31(13-17(2)3)26(34)28-24(22)32)25(33)21-10-8-20(9-11-21)16-29-14-18(4)35-19(5)15-29/h8-11,17-19H,6-7,12-16,27H2,1-5H3,(H,28,32,34). The Morgan fingerprint density at radius 2 is 1.80 bits per heavy atom. The molecule has 0 aliphatic carbocycles. The zero-order chi connectivity index (χ0) is 25.7. The highest BCUT2D eigenvalue weighted by atomic mass is 16.5. The van der Waals surface area contributed by atoms with Gasteiger partial charge in [-0.3, -0.25) is 24.0 Å². The topological polar surface area (TPSA) is 114 Å². The van der Waals surface area contributed by atoms with Crippen LogP contribution in [0, 0.1) is 5.92 Å². The number of aromatic amines is 1. The van der Waals surface area contributed by atoms with Gasteiger partial charge in [-0.15, -0.1) is 0 Å². The molecule has 0 saturated carbocycles. The van der Waals surface area contributed by atoms with Crippen molar-refractivity contribution in [2.24, 2.45) is 5.92 Å². The predicted molar refractivity (Wildman–Crippen MR) is 139 cm³/mol. The Balaban J connectivity index is 1.88. The first-order valence-corrected chi connectivity index (χ1v) is 12.5. The molecule has 0 spiro atoms. The number of hydrogen-bond donors (Lipinski definition) is 2. The molecule has 192 valence electrons. The van der Waals surface area contributed by atoms with Gasteiger partial charge in [-0.05, 0) is 43.9 Å². The molecule has 3 rings (SSSR count). The molecule has 35 heavy (non-hydrogen) atoms. The minimum atomic E-state index is -0.649. The van der Waals surface area contributed by atoms with E-state index in [9.17, 15) is 14.4 Å². The summed E-state index contributed by atoms with van der Waals surface area (Å²) in [4.78, 5) is 44.9. The van der Waals surface area contributed by atoms with Crippen molar-refractivity contribution in [3.8, 4) is 0 Å². The molecule has 1 aliphatic rings. The number of aromatic nitrogens is 2. The maximum Gasteiger partial charge on any atom is 0.330 e. The number of carbonyl (C=O) groups excluding carboxylic acids is 1. The van der Waals surface area contributed by atoms with Gasteiger partial charge >= 0.3 is 5.69 Å². The van der Waals surface area contributed by atoms with E-state index in [-0.39, 0.29) is 35.5 Å². The molecule has 9 heteroatoms. The number of nitrogen functional groups attached to an aromatic ring is 1. The average Bonchev–Trinajstić information content (AvgIpc) is 2.78. The van der Waals surface area contributed by atoms with E-state index in [2.05, 4.69) is 23.7 Å². The van der Waals surface area contributed by atoms with Gasteiger partial charge in [0.1, 0.15) is 5.82 Å². The normalized spacial score (nSPS) is 18.7. The molecule has 0 radical (unpaired) electrons. The second kappa shape index (κ2) is 11.7. The number of carbonyl (C=O) groups is 1. The Morgan fingerprint density at radius 3 is 2.37 bits per heavy atom. The van der Waals surface area contributed by atoms with E-state index in [0.717, 1.165) is 31.6 Å². The number of ether oxygens (including phenoxy) is 1. The SMILES string of the molecule is CCCCN(C(=O)c1ccc(CN2CC(C)OC(C)C2)cc1)c1c(N)n(CC(C)C)c(=O)[nH]c1=O.